The van der Waals surface area contributed by atoms with Gasteiger partial charge in [-0.2, -0.15) is 0 Å². The number of benzene rings is 2. The second-order valence-corrected chi connectivity index (χ2v) is 8.70. The zero-order valence-corrected chi connectivity index (χ0v) is 17.5. The molecule has 1 saturated heterocycles. The molecular weight excluding hydrogens is 381 g/mol. The molecule has 1 saturated carbocycles. The van der Waals surface area contributed by atoms with Gasteiger partial charge in [-0.1, -0.05) is 43.7 Å². The molecule has 1 aliphatic heterocycles. The first-order valence-corrected chi connectivity index (χ1v) is 11.0. The molecule has 0 radical (unpaired) electrons. The Hall–Kier alpha value is -2.40. The van der Waals surface area contributed by atoms with Gasteiger partial charge in [0.05, 0.1) is 12.0 Å². The zero-order valence-electron chi connectivity index (χ0n) is 17.5. The van der Waals surface area contributed by atoms with E-state index in [-0.39, 0.29) is 17.8 Å². The highest BCUT2D eigenvalue weighted by atomic mass is 19.1. The van der Waals surface area contributed by atoms with E-state index in [1.165, 1.54) is 19.3 Å². The summed E-state index contributed by atoms with van der Waals surface area (Å²) in [5, 5.41) is 9.00. The van der Waals surface area contributed by atoms with Gasteiger partial charge in [0.15, 0.2) is 0 Å². The molecule has 1 N–H and O–H groups in total. The van der Waals surface area contributed by atoms with Crippen molar-refractivity contribution in [1.29, 1.82) is 0 Å². The summed E-state index contributed by atoms with van der Waals surface area (Å²) in [5.74, 6) is 0.342. The van der Waals surface area contributed by atoms with Gasteiger partial charge in [0, 0.05) is 30.8 Å². The second-order valence-electron chi connectivity index (χ2n) is 8.70. The van der Waals surface area contributed by atoms with Crippen LogP contribution in [-0.4, -0.2) is 35.2 Å². The highest BCUT2D eigenvalue weighted by Gasteiger charge is 2.32. The minimum atomic E-state index is -0.777. The first kappa shape index (κ1) is 20.9. The Morgan fingerprint density at radius 1 is 1.10 bits per heavy atom. The molecular formula is C25H30FNO3. The molecule has 2 aromatic carbocycles. The van der Waals surface area contributed by atoms with Crippen molar-refractivity contribution in [3.8, 4) is 16.9 Å². The highest BCUT2D eigenvalue weighted by Crippen LogP contribution is 2.32. The van der Waals surface area contributed by atoms with Crippen LogP contribution in [0.4, 0.5) is 4.39 Å². The Bertz CT molecular complexity index is 868. The van der Waals surface area contributed by atoms with Gasteiger partial charge < -0.3 is 9.84 Å². The number of aliphatic carboxylic acids is 1. The maximum Gasteiger partial charge on any atom is 0.309 e. The Balaban J connectivity index is 1.39. The van der Waals surface area contributed by atoms with Gasteiger partial charge in [0.2, 0.25) is 0 Å². The number of carboxylic acids is 1. The summed E-state index contributed by atoms with van der Waals surface area (Å²) >= 11 is 0. The van der Waals surface area contributed by atoms with Crippen molar-refractivity contribution in [2.75, 3.05) is 13.1 Å². The van der Waals surface area contributed by atoms with Crippen molar-refractivity contribution >= 4 is 5.97 Å². The standard InChI is InChI=1S/C25H30FNO3/c1-2-17-6-10-21(11-7-17)30-22-12-8-18(9-13-22)23-5-3-4-19(24(23)26)14-27-15-20(16-27)25(28)29/h3-5,8-9,12-13,17,20-21H,2,6-7,10-11,14-16H2,1H3,(H,28,29)/t17-,21+. The first-order valence-electron chi connectivity index (χ1n) is 11.0. The number of carboxylic acid groups (broad SMARTS) is 1. The van der Waals surface area contributed by atoms with Gasteiger partial charge in [0.1, 0.15) is 11.6 Å². The van der Waals surface area contributed by atoms with E-state index >= 15 is 4.39 Å². The molecule has 160 valence electrons. The SMILES string of the molecule is CC[C@H]1CC[C@@H](Oc2ccc(-c3cccc(CN4CC(C(=O)O)C4)c3F)cc2)CC1. The van der Waals surface area contributed by atoms with E-state index in [0.717, 1.165) is 30.1 Å². The van der Waals surface area contributed by atoms with Gasteiger partial charge in [0.25, 0.3) is 0 Å². The van der Waals surface area contributed by atoms with Crippen LogP contribution in [0.2, 0.25) is 0 Å². The highest BCUT2D eigenvalue weighted by molar-refractivity contribution is 5.71. The number of carbonyl (C=O) groups is 1. The second kappa shape index (κ2) is 9.17. The maximum absolute atomic E-state index is 15.1. The minimum absolute atomic E-state index is 0.233. The Labute approximate surface area is 177 Å². The van der Waals surface area contributed by atoms with Crippen molar-refractivity contribution in [1.82, 2.24) is 4.90 Å². The molecule has 5 heteroatoms. The number of halogens is 1. The van der Waals surface area contributed by atoms with E-state index in [9.17, 15) is 4.79 Å². The predicted octanol–water partition coefficient (Wildman–Crippen LogP) is 5.36. The van der Waals surface area contributed by atoms with Gasteiger partial charge in [-0.15, -0.1) is 0 Å². The van der Waals surface area contributed by atoms with Crippen molar-refractivity contribution in [3.05, 3.63) is 53.8 Å². The van der Waals surface area contributed by atoms with Crippen LogP contribution in [0.25, 0.3) is 11.1 Å². The number of hydrogen-bond donors (Lipinski definition) is 1. The summed E-state index contributed by atoms with van der Waals surface area (Å²) in [6.07, 6.45) is 6.23. The average Bonchev–Trinajstić information content (AvgIpc) is 2.72. The minimum Gasteiger partial charge on any atom is -0.490 e. The van der Waals surface area contributed by atoms with E-state index in [1.807, 2.05) is 35.2 Å². The van der Waals surface area contributed by atoms with Gasteiger partial charge in [-0.05, 0) is 49.3 Å². The van der Waals surface area contributed by atoms with E-state index < -0.39 is 5.97 Å². The summed E-state index contributed by atoms with van der Waals surface area (Å²) in [4.78, 5) is 12.9. The van der Waals surface area contributed by atoms with E-state index in [1.54, 1.807) is 12.1 Å². The summed E-state index contributed by atoms with van der Waals surface area (Å²) in [5.41, 5.74) is 1.99. The lowest BCUT2D eigenvalue weighted by Crippen LogP contribution is -2.49. The molecule has 4 rings (SSSR count). The number of likely N-dealkylation sites (tertiary alicyclic amines) is 1. The average molecular weight is 412 g/mol. The fourth-order valence-corrected chi connectivity index (χ4v) is 4.58. The van der Waals surface area contributed by atoms with E-state index in [4.69, 9.17) is 9.84 Å². The lowest BCUT2D eigenvalue weighted by Gasteiger charge is -2.36. The first-order chi connectivity index (χ1) is 14.5. The Kier molecular flexibility index (Phi) is 6.38. The van der Waals surface area contributed by atoms with Crippen LogP contribution in [0.3, 0.4) is 0 Å². The van der Waals surface area contributed by atoms with Crippen molar-refractivity contribution in [2.24, 2.45) is 11.8 Å². The molecule has 2 fully saturated rings. The molecule has 2 aliphatic rings. The lowest BCUT2D eigenvalue weighted by molar-refractivity contribution is -0.147. The van der Waals surface area contributed by atoms with Crippen LogP contribution >= 0.6 is 0 Å². The largest absolute Gasteiger partial charge is 0.490 e. The van der Waals surface area contributed by atoms with Crippen LogP contribution in [-0.2, 0) is 11.3 Å². The van der Waals surface area contributed by atoms with Crippen LogP contribution in [0.5, 0.6) is 5.75 Å². The van der Waals surface area contributed by atoms with Gasteiger partial charge in [-0.3, -0.25) is 9.69 Å². The summed E-state index contributed by atoms with van der Waals surface area (Å²) < 4.78 is 21.3. The molecule has 0 bridgehead atoms. The van der Waals surface area contributed by atoms with Crippen LogP contribution in [0.1, 0.15) is 44.6 Å². The third kappa shape index (κ3) is 4.67. The number of rotatable bonds is 7. The van der Waals surface area contributed by atoms with Crippen LogP contribution < -0.4 is 4.74 Å². The van der Waals surface area contributed by atoms with Crippen LogP contribution in [0, 0.1) is 17.7 Å². The molecule has 0 unspecified atom stereocenters. The third-order valence-electron chi connectivity index (χ3n) is 6.62. The van der Waals surface area contributed by atoms with Gasteiger partial charge >= 0.3 is 5.97 Å². The lowest BCUT2D eigenvalue weighted by atomic mass is 9.86. The molecule has 0 atom stereocenters. The molecule has 0 aromatic heterocycles. The molecule has 30 heavy (non-hydrogen) atoms. The molecule has 0 spiro atoms. The van der Waals surface area contributed by atoms with E-state index in [0.29, 0.717) is 30.8 Å². The number of nitrogens with zero attached hydrogens (tertiary/aromatic N) is 1. The molecule has 1 aliphatic carbocycles. The third-order valence-corrected chi connectivity index (χ3v) is 6.62. The fourth-order valence-electron chi connectivity index (χ4n) is 4.58. The topological polar surface area (TPSA) is 49.8 Å². The Morgan fingerprint density at radius 3 is 2.43 bits per heavy atom. The summed E-state index contributed by atoms with van der Waals surface area (Å²) in [6.45, 7) is 3.65. The molecule has 1 heterocycles. The molecule has 4 nitrogen and oxygen atoms in total. The Morgan fingerprint density at radius 2 is 1.80 bits per heavy atom. The molecule has 0 amide bonds. The smallest absolute Gasteiger partial charge is 0.309 e. The maximum atomic E-state index is 15.1. The van der Waals surface area contributed by atoms with Crippen LogP contribution in [0.15, 0.2) is 42.5 Å². The normalized spacial score (nSPS) is 22.5. The zero-order chi connectivity index (χ0) is 21.1. The monoisotopic (exact) mass is 411 g/mol. The number of hydrogen-bond acceptors (Lipinski definition) is 3. The quantitative estimate of drug-likeness (QED) is 0.667. The number of ether oxygens (including phenoxy) is 1. The molecule has 2 aromatic rings. The summed E-state index contributed by atoms with van der Waals surface area (Å²) in [7, 11) is 0. The fraction of sp³-hybridized carbons (Fsp3) is 0.480. The van der Waals surface area contributed by atoms with Crippen molar-refractivity contribution < 1.29 is 19.0 Å². The van der Waals surface area contributed by atoms with Crippen molar-refractivity contribution in [3.63, 3.8) is 0 Å². The van der Waals surface area contributed by atoms with Gasteiger partial charge in [-0.25, -0.2) is 4.39 Å². The van der Waals surface area contributed by atoms with E-state index in [2.05, 4.69) is 6.92 Å². The summed E-state index contributed by atoms with van der Waals surface area (Å²) in [6, 6.07) is 13.1. The predicted molar refractivity (Wildman–Crippen MR) is 115 cm³/mol. The van der Waals surface area contributed by atoms with Crippen molar-refractivity contribution in [2.45, 2.75) is 51.7 Å².